The molecule has 34 heavy (non-hydrogen) atoms. The van der Waals surface area contributed by atoms with Crippen molar-refractivity contribution in [1.82, 2.24) is 19.7 Å². The van der Waals surface area contributed by atoms with E-state index in [1.807, 2.05) is 45.4 Å². The van der Waals surface area contributed by atoms with Crippen molar-refractivity contribution < 1.29 is 24.2 Å². The fourth-order valence-electron chi connectivity index (χ4n) is 4.79. The molecule has 1 fully saturated rings. The third-order valence-corrected chi connectivity index (χ3v) is 6.52. The number of nitrogens with one attached hydrogen (secondary N) is 1. The monoisotopic (exact) mass is 475 g/mol. The number of nitrogens with zero attached hydrogens (tertiary/aromatic N) is 4. The van der Waals surface area contributed by atoms with Crippen LogP contribution in [0.2, 0.25) is 0 Å². The Kier molecular flexibility index (Phi) is 6.91. The van der Waals surface area contributed by atoms with E-state index in [1.165, 1.54) is 4.90 Å². The van der Waals surface area contributed by atoms with Gasteiger partial charge in [-0.2, -0.15) is 5.10 Å². The number of halogens is 1. The molecule has 1 saturated heterocycles. The number of carboxylic acids is 1. The molecule has 2 aromatic heterocycles. The molecule has 3 heterocycles. The van der Waals surface area contributed by atoms with Gasteiger partial charge in [0.05, 0.1) is 16.6 Å². The molecule has 2 aromatic rings. The number of aryl methyl sites for hydroxylation is 2. The quantitative estimate of drug-likeness (QED) is 0.560. The van der Waals surface area contributed by atoms with Crippen LogP contribution in [0.15, 0.2) is 12.1 Å². The third kappa shape index (κ3) is 5.00. The van der Waals surface area contributed by atoms with E-state index in [0.717, 1.165) is 5.69 Å². The molecule has 3 N–H and O–H groups in total. The highest BCUT2D eigenvalue weighted by Crippen LogP contribution is 2.39. The number of carbonyl (C=O) groups is 2. The fourth-order valence-corrected chi connectivity index (χ4v) is 4.79. The summed E-state index contributed by atoms with van der Waals surface area (Å²) in [5.41, 5.74) is -0.0666. The number of amides is 1. The number of rotatable bonds is 6. The van der Waals surface area contributed by atoms with E-state index in [4.69, 9.17) is 0 Å². The predicted octanol–water partition coefficient (Wildman–Crippen LogP) is 4.56. The number of aliphatic carboxylic acids is 1. The summed E-state index contributed by atoms with van der Waals surface area (Å²) < 4.78 is 17.2. The Bertz CT molecular complexity index is 1090. The van der Waals surface area contributed by atoms with E-state index in [2.05, 4.69) is 15.4 Å². The van der Waals surface area contributed by atoms with Crippen LogP contribution >= 0.6 is 0 Å². The average molecular weight is 476 g/mol. The molecule has 0 bridgehead atoms. The number of aromatic nitrogens is 3. The van der Waals surface area contributed by atoms with E-state index < -0.39 is 29.3 Å². The number of hydrogen-bond donors (Lipinski definition) is 3. The lowest BCUT2D eigenvalue weighted by Crippen LogP contribution is -2.51. The Balaban J connectivity index is 1.95. The van der Waals surface area contributed by atoms with Crippen LogP contribution in [0, 0.1) is 18.2 Å². The molecule has 1 amide bonds. The summed E-state index contributed by atoms with van der Waals surface area (Å²) in [5, 5.41) is 27.2. The van der Waals surface area contributed by atoms with Crippen LogP contribution in [0.3, 0.4) is 0 Å². The van der Waals surface area contributed by atoms with Gasteiger partial charge in [0.15, 0.2) is 5.82 Å². The van der Waals surface area contributed by atoms with E-state index in [-0.39, 0.29) is 37.0 Å². The Hall–Kier alpha value is -3.17. The van der Waals surface area contributed by atoms with Crippen molar-refractivity contribution in [2.75, 3.05) is 11.9 Å². The van der Waals surface area contributed by atoms with Gasteiger partial charge < -0.3 is 20.4 Å². The van der Waals surface area contributed by atoms with Gasteiger partial charge in [0, 0.05) is 30.8 Å². The minimum absolute atomic E-state index is 0.0622. The van der Waals surface area contributed by atoms with E-state index in [1.54, 1.807) is 13.0 Å². The van der Waals surface area contributed by atoms with Crippen LogP contribution in [-0.2, 0) is 23.2 Å². The van der Waals surface area contributed by atoms with Crippen molar-refractivity contribution in [2.24, 2.45) is 5.41 Å². The zero-order chi connectivity index (χ0) is 25.4. The number of pyridine rings is 1. The first-order valence-electron chi connectivity index (χ1n) is 11.5. The molecule has 0 spiro atoms. The predicted molar refractivity (Wildman–Crippen MR) is 126 cm³/mol. The lowest BCUT2D eigenvalue weighted by Gasteiger charge is -2.42. The molecule has 0 aromatic carbocycles. The maximum Gasteiger partial charge on any atom is 0.407 e. The van der Waals surface area contributed by atoms with Crippen LogP contribution < -0.4 is 5.32 Å². The Morgan fingerprint density at radius 1 is 1.26 bits per heavy atom. The minimum atomic E-state index is -1.30. The molecule has 1 aliphatic heterocycles. The zero-order valence-electron chi connectivity index (χ0n) is 20.6. The van der Waals surface area contributed by atoms with Crippen molar-refractivity contribution in [1.29, 1.82) is 0 Å². The number of carboxylic acid groups (broad SMARTS) is 2. The number of piperidine rings is 1. The van der Waals surface area contributed by atoms with Crippen molar-refractivity contribution >= 4 is 23.7 Å². The van der Waals surface area contributed by atoms with Gasteiger partial charge in [-0.15, -0.1) is 0 Å². The maximum atomic E-state index is 15.3. The van der Waals surface area contributed by atoms with Gasteiger partial charge >= 0.3 is 12.1 Å². The summed E-state index contributed by atoms with van der Waals surface area (Å²) in [5.74, 6) is -0.626. The first-order valence-corrected chi connectivity index (χ1v) is 11.5. The summed E-state index contributed by atoms with van der Waals surface area (Å²) in [6, 6.07) is 3.00. The third-order valence-electron chi connectivity index (χ3n) is 6.52. The summed E-state index contributed by atoms with van der Waals surface area (Å²) in [4.78, 5) is 29.5. The molecular formula is C24H34FN5O4. The molecule has 0 saturated carbocycles. The van der Waals surface area contributed by atoms with Crippen molar-refractivity contribution in [2.45, 2.75) is 78.8 Å². The second kappa shape index (κ2) is 9.23. The molecule has 1 unspecified atom stereocenters. The molecule has 186 valence electrons. The van der Waals surface area contributed by atoms with Crippen LogP contribution in [0.1, 0.15) is 64.4 Å². The largest absolute Gasteiger partial charge is 0.481 e. The van der Waals surface area contributed by atoms with Gasteiger partial charge in [-0.25, -0.2) is 14.2 Å². The Labute approximate surface area is 199 Å². The summed E-state index contributed by atoms with van der Waals surface area (Å²) in [6.07, 6.45) is -0.614. The van der Waals surface area contributed by atoms with Gasteiger partial charge in [-0.3, -0.25) is 9.48 Å². The number of anilines is 2. The molecule has 10 heteroatoms. The second-order valence-corrected chi connectivity index (χ2v) is 10.2. The lowest BCUT2D eigenvalue weighted by molar-refractivity contribution is -0.153. The molecular weight excluding hydrogens is 441 g/mol. The van der Waals surface area contributed by atoms with Crippen LogP contribution in [0.25, 0.3) is 0 Å². The Morgan fingerprint density at radius 2 is 1.94 bits per heavy atom. The van der Waals surface area contributed by atoms with Crippen molar-refractivity contribution in [3.8, 4) is 0 Å². The minimum Gasteiger partial charge on any atom is -0.481 e. The van der Waals surface area contributed by atoms with Gasteiger partial charge in [-0.1, -0.05) is 6.92 Å². The maximum absolute atomic E-state index is 15.3. The van der Waals surface area contributed by atoms with E-state index in [0.29, 0.717) is 23.6 Å². The van der Waals surface area contributed by atoms with Crippen LogP contribution in [0.4, 0.5) is 20.8 Å². The molecule has 2 atom stereocenters. The summed E-state index contributed by atoms with van der Waals surface area (Å²) in [6.45, 7) is 11.7. The van der Waals surface area contributed by atoms with Crippen molar-refractivity contribution in [3.63, 3.8) is 0 Å². The van der Waals surface area contributed by atoms with Crippen LogP contribution in [0.5, 0.6) is 0 Å². The number of hydrogen-bond acceptors (Lipinski definition) is 5. The summed E-state index contributed by atoms with van der Waals surface area (Å²) in [7, 11) is 0. The highest BCUT2D eigenvalue weighted by Gasteiger charge is 2.46. The molecule has 0 radical (unpaired) electrons. The standard InChI is InChI=1S/C24H34FN5O4/c1-7-16-11-18(27-19-10-14(2)30(28-19)23(4,5)6)26-17(20(16)25)13-24(21(31)32)8-9-29(22(33)34)15(3)12-24/h10-11,15H,7-9,12-13H2,1-6H3,(H,31,32)(H,33,34)(H,26,27,28)/t15-,24?/m1/s1. The van der Waals surface area contributed by atoms with Crippen LogP contribution in [-0.4, -0.2) is 54.5 Å². The molecule has 1 aliphatic rings. The zero-order valence-corrected chi connectivity index (χ0v) is 20.6. The highest BCUT2D eigenvalue weighted by atomic mass is 19.1. The average Bonchev–Trinajstić information content (AvgIpc) is 3.10. The van der Waals surface area contributed by atoms with Gasteiger partial charge in [-0.05, 0) is 65.5 Å². The SMILES string of the molecule is CCc1cc(Nc2cc(C)n(C(C)(C)C)n2)nc(CC2(C(=O)O)CCN(C(=O)O)[C@H](C)C2)c1F. The van der Waals surface area contributed by atoms with Gasteiger partial charge in [0.1, 0.15) is 11.6 Å². The Morgan fingerprint density at radius 3 is 2.44 bits per heavy atom. The van der Waals surface area contributed by atoms with Gasteiger partial charge in [0.2, 0.25) is 0 Å². The smallest absolute Gasteiger partial charge is 0.407 e. The first kappa shape index (κ1) is 25.5. The number of likely N-dealkylation sites (tertiary alicyclic amines) is 1. The van der Waals surface area contributed by atoms with E-state index in [9.17, 15) is 19.8 Å². The second-order valence-electron chi connectivity index (χ2n) is 10.2. The molecule has 3 rings (SSSR count). The summed E-state index contributed by atoms with van der Waals surface area (Å²) >= 11 is 0. The highest BCUT2D eigenvalue weighted by molar-refractivity contribution is 5.76. The molecule has 9 nitrogen and oxygen atoms in total. The normalized spacial score (nSPS) is 20.9. The van der Waals surface area contributed by atoms with Gasteiger partial charge in [0.25, 0.3) is 0 Å². The van der Waals surface area contributed by atoms with Crippen molar-refractivity contribution in [3.05, 3.63) is 34.9 Å². The topological polar surface area (TPSA) is 121 Å². The molecule has 0 aliphatic carbocycles. The first-order chi connectivity index (χ1) is 15.8. The lowest BCUT2D eigenvalue weighted by atomic mass is 9.72. The fraction of sp³-hybridized carbons (Fsp3) is 0.583. The van der Waals surface area contributed by atoms with E-state index >= 15 is 4.39 Å².